The van der Waals surface area contributed by atoms with Crippen molar-refractivity contribution in [1.82, 2.24) is 4.98 Å². The molecule has 3 rings (SSSR count). The standard InChI is InChI=1S/C21H21NO2S/c1-4-25-20-14-13-19(15-5-9-17(23-2)10-6-15)21(22-20)16-7-11-18(24-3)12-8-16/h5-14H,4H2,1-3H3. The van der Waals surface area contributed by atoms with Gasteiger partial charge in [-0.3, -0.25) is 0 Å². The van der Waals surface area contributed by atoms with Crippen molar-refractivity contribution in [3.63, 3.8) is 0 Å². The third kappa shape index (κ3) is 3.97. The van der Waals surface area contributed by atoms with Crippen LogP contribution in [0.1, 0.15) is 6.92 Å². The van der Waals surface area contributed by atoms with Crippen LogP contribution in [0.2, 0.25) is 0 Å². The quantitative estimate of drug-likeness (QED) is 0.545. The number of thioether (sulfide) groups is 1. The molecule has 0 unspecified atom stereocenters. The molecule has 0 aliphatic rings. The minimum absolute atomic E-state index is 0.842. The monoisotopic (exact) mass is 351 g/mol. The van der Waals surface area contributed by atoms with Gasteiger partial charge in [0, 0.05) is 11.1 Å². The third-order valence-electron chi connectivity index (χ3n) is 3.93. The first-order valence-corrected chi connectivity index (χ1v) is 9.16. The van der Waals surface area contributed by atoms with E-state index in [2.05, 4.69) is 43.3 Å². The fourth-order valence-electron chi connectivity index (χ4n) is 2.64. The van der Waals surface area contributed by atoms with Crippen molar-refractivity contribution in [1.29, 1.82) is 0 Å². The van der Waals surface area contributed by atoms with Gasteiger partial charge in [0.25, 0.3) is 0 Å². The molecule has 0 spiro atoms. The van der Waals surface area contributed by atoms with Crippen LogP contribution < -0.4 is 9.47 Å². The molecule has 1 aromatic heterocycles. The Bertz CT molecular complexity index is 830. The van der Waals surface area contributed by atoms with Crippen molar-refractivity contribution in [3.8, 4) is 33.9 Å². The Morgan fingerprint density at radius 1 is 0.760 bits per heavy atom. The number of benzene rings is 2. The highest BCUT2D eigenvalue weighted by Gasteiger charge is 2.11. The molecule has 3 nitrogen and oxygen atoms in total. The highest BCUT2D eigenvalue weighted by molar-refractivity contribution is 7.99. The van der Waals surface area contributed by atoms with Gasteiger partial charge >= 0.3 is 0 Å². The van der Waals surface area contributed by atoms with Crippen LogP contribution in [0.25, 0.3) is 22.4 Å². The van der Waals surface area contributed by atoms with E-state index in [1.54, 1.807) is 26.0 Å². The van der Waals surface area contributed by atoms with Gasteiger partial charge in [0.05, 0.1) is 24.9 Å². The Hall–Kier alpha value is -2.46. The molecule has 1 heterocycles. The van der Waals surface area contributed by atoms with Crippen LogP contribution >= 0.6 is 11.8 Å². The lowest BCUT2D eigenvalue weighted by atomic mass is 9.99. The van der Waals surface area contributed by atoms with Crippen molar-refractivity contribution in [2.75, 3.05) is 20.0 Å². The number of nitrogens with zero attached hydrogens (tertiary/aromatic N) is 1. The van der Waals surface area contributed by atoms with Crippen LogP contribution in [0.4, 0.5) is 0 Å². The van der Waals surface area contributed by atoms with E-state index in [9.17, 15) is 0 Å². The van der Waals surface area contributed by atoms with E-state index in [0.29, 0.717) is 0 Å². The van der Waals surface area contributed by atoms with Crippen LogP contribution in [0, 0.1) is 0 Å². The summed E-state index contributed by atoms with van der Waals surface area (Å²) >= 11 is 1.75. The highest BCUT2D eigenvalue weighted by atomic mass is 32.2. The molecule has 0 aliphatic carbocycles. The van der Waals surface area contributed by atoms with E-state index in [1.807, 2.05) is 24.3 Å². The average Bonchev–Trinajstić information content (AvgIpc) is 2.68. The van der Waals surface area contributed by atoms with E-state index in [1.165, 1.54) is 0 Å². The predicted octanol–water partition coefficient (Wildman–Crippen LogP) is 5.54. The van der Waals surface area contributed by atoms with Gasteiger partial charge in [-0.25, -0.2) is 4.98 Å². The number of rotatable bonds is 6. The summed E-state index contributed by atoms with van der Waals surface area (Å²) in [6.07, 6.45) is 0. The van der Waals surface area contributed by atoms with E-state index in [4.69, 9.17) is 14.5 Å². The Labute approximate surface area is 153 Å². The molecule has 3 aromatic rings. The van der Waals surface area contributed by atoms with Crippen LogP contribution in [-0.2, 0) is 0 Å². The van der Waals surface area contributed by atoms with Gasteiger partial charge in [-0.15, -0.1) is 11.8 Å². The smallest absolute Gasteiger partial charge is 0.118 e. The molecule has 25 heavy (non-hydrogen) atoms. The maximum Gasteiger partial charge on any atom is 0.118 e. The van der Waals surface area contributed by atoms with E-state index in [-0.39, 0.29) is 0 Å². The molecule has 0 fully saturated rings. The lowest BCUT2D eigenvalue weighted by Gasteiger charge is -2.12. The Morgan fingerprint density at radius 2 is 1.32 bits per heavy atom. The van der Waals surface area contributed by atoms with Gasteiger partial charge in [0.15, 0.2) is 0 Å². The summed E-state index contributed by atoms with van der Waals surface area (Å²) in [5, 5.41) is 1.03. The summed E-state index contributed by atoms with van der Waals surface area (Å²) in [7, 11) is 3.35. The second kappa shape index (κ2) is 8.08. The molecule has 0 saturated heterocycles. The molecule has 0 N–H and O–H groups in total. The normalized spacial score (nSPS) is 10.5. The topological polar surface area (TPSA) is 31.4 Å². The Kier molecular flexibility index (Phi) is 5.61. The van der Waals surface area contributed by atoms with E-state index in [0.717, 1.165) is 44.7 Å². The lowest BCUT2D eigenvalue weighted by molar-refractivity contribution is 0.414. The van der Waals surface area contributed by atoms with Gasteiger partial charge in [-0.2, -0.15) is 0 Å². The van der Waals surface area contributed by atoms with Crippen LogP contribution in [0.15, 0.2) is 65.7 Å². The first-order chi connectivity index (χ1) is 12.2. The van der Waals surface area contributed by atoms with Crippen LogP contribution in [0.3, 0.4) is 0 Å². The van der Waals surface area contributed by atoms with Crippen molar-refractivity contribution >= 4 is 11.8 Å². The lowest BCUT2D eigenvalue weighted by Crippen LogP contribution is -1.93. The van der Waals surface area contributed by atoms with Gasteiger partial charge in [0.1, 0.15) is 11.5 Å². The van der Waals surface area contributed by atoms with Crippen molar-refractivity contribution in [2.45, 2.75) is 11.9 Å². The van der Waals surface area contributed by atoms with Gasteiger partial charge in [0.2, 0.25) is 0 Å². The molecule has 2 aromatic carbocycles. The Morgan fingerprint density at radius 3 is 1.84 bits per heavy atom. The predicted molar refractivity (Wildman–Crippen MR) is 105 cm³/mol. The zero-order valence-corrected chi connectivity index (χ0v) is 15.5. The number of ether oxygens (including phenoxy) is 2. The molecule has 0 aliphatic heterocycles. The number of methoxy groups -OCH3 is 2. The summed E-state index contributed by atoms with van der Waals surface area (Å²) in [6, 6.07) is 20.3. The number of hydrogen-bond acceptors (Lipinski definition) is 4. The zero-order chi connectivity index (χ0) is 17.6. The summed E-state index contributed by atoms with van der Waals surface area (Å²) < 4.78 is 10.5. The number of hydrogen-bond donors (Lipinski definition) is 0. The molecular weight excluding hydrogens is 330 g/mol. The van der Waals surface area contributed by atoms with Gasteiger partial charge < -0.3 is 9.47 Å². The van der Waals surface area contributed by atoms with E-state index >= 15 is 0 Å². The summed E-state index contributed by atoms with van der Waals surface area (Å²) in [6.45, 7) is 2.14. The third-order valence-corrected chi connectivity index (χ3v) is 4.74. The van der Waals surface area contributed by atoms with Gasteiger partial charge in [-0.1, -0.05) is 19.1 Å². The minimum Gasteiger partial charge on any atom is -0.497 e. The molecule has 0 saturated carbocycles. The first-order valence-electron chi connectivity index (χ1n) is 8.18. The van der Waals surface area contributed by atoms with Crippen molar-refractivity contribution < 1.29 is 9.47 Å². The summed E-state index contributed by atoms with van der Waals surface area (Å²) in [5.41, 5.74) is 4.27. The summed E-state index contributed by atoms with van der Waals surface area (Å²) in [5.74, 6) is 2.69. The number of pyridine rings is 1. The molecule has 4 heteroatoms. The molecule has 0 amide bonds. The maximum atomic E-state index is 5.27. The SMILES string of the molecule is CCSc1ccc(-c2ccc(OC)cc2)c(-c2ccc(OC)cc2)n1. The fraction of sp³-hybridized carbons (Fsp3) is 0.190. The van der Waals surface area contributed by atoms with E-state index < -0.39 is 0 Å². The molecular formula is C21H21NO2S. The van der Waals surface area contributed by atoms with Crippen LogP contribution in [-0.4, -0.2) is 25.0 Å². The zero-order valence-electron chi connectivity index (χ0n) is 14.7. The molecule has 128 valence electrons. The van der Waals surface area contributed by atoms with Crippen LogP contribution in [0.5, 0.6) is 11.5 Å². The largest absolute Gasteiger partial charge is 0.497 e. The second-order valence-corrected chi connectivity index (χ2v) is 6.72. The molecule has 0 atom stereocenters. The molecule has 0 radical (unpaired) electrons. The minimum atomic E-state index is 0.842. The highest BCUT2D eigenvalue weighted by Crippen LogP contribution is 2.34. The number of aromatic nitrogens is 1. The average molecular weight is 351 g/mol. The molecule has 0 bridgehead atoms. The summed E-state index contributed by atoms with van der Waals surface area (Å²) in [4.78, 5) is 4.90. The maximum absolute atomic E-state index is 5.27. The van der Waals surface area contributed by atoms with Crippen molar-refractivity contribution in [3.05, 3.63) is 60.7 Å². The first kappa shape index (κ1) is 17.4. The second-order valence-electron chi connectivity index (χ2n) is 5.44. The fourth-order valence-corrected chi connectivity index (χ4v) is 3.26. The Balaban J connectivity index is 2.09. The van der Waals surface area contributed by atoms with Gasteiger partial charge in [-0.05, 0) is 59.8 Å². The van der Waals surface area contributed by atoms with Crippen molar-refractivity contribution in [2.24, 2.45) is 0 Å².